The van der Waals surface area contributed by atoms with Crippen LogP contribution in [0.3, 0.4) is 0 Å². The zero-order valence-electron chi connectivity index (χ0n) is 21.5. The molecule has 0 spiro atoms. The van der Waals surface area contributed by atoms with Crippen LogP contribution in [0.25, 0.3) is 55.6 Å². The van der Waals surface area contributed by atoms with Crippen LogP contribution < -0.4 is 9.47 Å². The number of nitrogens with zero attached hydrogens (tertiary/aromatic N) is 3. The molecule has 2 aromatic carbocycles. The summed E-state index contributed by atoms with van der Waals surface area (Å²) < 4.78 is 23.3. The van der Waals surface area contributed by atoms with E-state index in [9.17, 15) is 10.2 Å². The van der Waals surface area contributed by atoms with Crippen molar-refractivity contribution in [3.8, 4) is 68.4 Å². The number of H-pyrrole nitrogens is 2. The molecule has 0 aliphatic carbocycles. The van der Waals surface area contributed by atoms with Crippen molar-refractivity contribution in [2.24, 2.45) is 0 Å². The van der Waals surface area contributed by atoms with Gasteiger partial charge in [0.1, 0.15) is 18.9 Å². The van der Waals surface area contributed by atoms with E-state index < -0.39 is 0 Å². The van der Waals surface area contributed by atoms with Crippen LogP contribution in [0.2, 0.25) is 0 Å². The van der Waals surface area contributed by atoms with E-state index in [1.54, 1.807) is 24.9 Å². The maximum Gasteiger partial charge on any atom is 0.245 e. The third-order valence-electron chi connectivity index (χ3n) is 7.02. The zero-order chi connectivity index (χ0) is 28.2. The monoisotopic (exact) mass is 557 g/mol. The van der Waals surface area contributed by atoms with Crippen molar-refractivity contribution < 1.29 is 28.5 Å². The van der Waals surface area contributed by atoms with Gasteiger partial charge in [-0.2, -0.15) is 0 Å². The average Bonchev–Trinajstić information content (AvgIpc) is 3.83. The summed E-state index contributed by atoms with van der Waals surface area (Å²) in [5, 5.41) is 23.1. The van der Waals surface area contributed by atoms with Crippen molar-refractivity contribution in [2.75, 3.05) is 0 Å². The number of benzene rings is 2. The van der Waals surface area contributed by atoms with Crippen LogP contribution in [0.4, 0.5) is 0 Å². The van der Waals surface area contributed by atoms with Crippen molar-refractivity contribution in [1.29, 1.82) is 0 Å². The Kier molecular flexibility index (Phi) is 5.16. The quantitative estimate of drug-likeness (QED) is 0.163. The van der Waals surface area contributed by atoms with Gasteiger partial charge in [-0.05, 0) is 11.1 Å². The van der Waals surface area contributed by atoms with Crippen molar-refractivity contribution in [3.63, 3.8) is 0 Å². The number of aromatic amines is 2. The minimum absolute atomic E-state index is 0.0426. The Hall–Kier alpha value is -6.23. The third-order valence-corrected chi connectivity index (χ3v) is 7.02. The highest BCUT2D eigenvalue weighted by atomic mass is 16.5. The first-order valence-corrected chi connectivity index (χ1v) is 12.8. The summed E-state index contributed by atoms with van der Waals surface area (Å²) in [4.78, 5) is 18.8. The molecular weight excluding hydrogens is 538 g/mol. The Bertz CT molecular complexity index is 2030. The number of hydrogen-bond acceptors (Lipinski definition) is 9. The first-order chi connectivity index (χ1) is 20.7. The standard InChI is InChI=1S/C31H19N5O6/c37-24-22-20(16-7-3-1-4-8-16)13-39-28(22)35-30(24)41-26-18-11-32-12-19(18)27(34-15-33-26)42-31-25(38)23-21(14-40-29(23)36-31)17-9-5-2-6-10-17/h1-15,35-38H. The van der Waals surface area contributed by atoms with Gasteiger partial charge < -0.3 is 28.5 Å². The van der Waals surface area contributed by atoms with Crippen LogP contribution in [0, 0.1) is 0 Å². The van der Waals surface area contributed by atoms with E-state index in [0.717, 1.165) is 11.1 Å². The second-order valence-electron chi connectivity index (χ2n) is 9.47. The summed E-state index contributed by atoms with van der Waals surface area (Å²) >= 11 is 0. The Morgan fingerprint density at radius 2 is 1.05 bits per heavy atom. The van der Waals surface area contributed by atoms with E-state index in [0.29, 0.717) is 44.5 Å². The van der Waals surface area contributed by atoms with Gasteiger partial charge in [-0.3, -0.25) is 15.0 Å². The van der Waals surface area contributed by atoms with Crippen molar-refractivity contribution in [2.45, 2.75) is 0 Å². The third kappa shape index (κ3) is 3.64. The summed E-state index contributed by atoms with van der Waals surface area (Å²) in [5.41, 5.74) is 4.79. The number of hydrogen-bond donors (Lipinski definition) is 4. The lowest BCUT2D eigenvalue weighted by molar-refractivity contribution is 0.398. The first-order valence-electron chi connectivity index (χ1n) is 12.8. The summed E-state index contributed by atoms with van der Waals surface area (Å²) in [6, 6.07) is 19.1. The summed E-state index contributed by atoms with van der Waals surface area (Å²) in [6.45, 7) is 0. The molecule has 0 radical (unpaired) electrons. The number of aromatic nitrogens is 5. The van der Waals surface area contributed by atoms with E-state index in [1.807, 2.05) is 60.7 Å². The van der Waals surface area contributed by atoms with E-state index in [2.05, 4.69) is 24.9 Å². The van der Waals surface area contributed by atoms with Crippen LogP contribution in [0.1, 0.15) is 0 Å². The maximum atomic E-state index is 11.1. The number of rotatable bonds is 6. The lowest BCUT2D eigenvalue weighted by Crippen LogP contribution is -1.90. The van der Waals surface area contributed by atoms with Crippen LogP contribution in [-0.4, -0.2) is 35.1 Å². The molecule has 0 atom stereocenters. The van der Waals surface area contributed by atoms with Gasteiger partial charge in [-0.1, -0.05) is 60.7 Å². The zero-order valence-corrected chi connectivity index (χ0v) is 21.5. The molecule has 42 heavy (non-hydrogen) atoms. The lowest BCUT2D eigenvalue weighted by atomic mass is 10.1. The summed E-state index contributed by atoms with van der Waals surface area (Å²) in [6.07, 6.45) is 7.48. The number of aromatic hydroxyl groups is 2. The van der Waals surface area contributed by atoms with E-state index >= 15 is 0 Å². The van der Waals surface area contributed by atoms with Crippen molar-refractivity contribution in [3.05, 3.63) is 91.9 Å². The molecule has 4 aromatic heterocycles. The normalized spacial score (nSPS) is 11.5. The van der Waals surface area contributed by atoms with Crippen LogP contribution in [-0.2, 0) is 0 Å². The van der Waals surface area contributed by atoms with Crippen LogP contribution in [0.15, 0.2) is 101 Å². The second kappa shape index (κ2) is 9.17. The minimum atomic E-state index is -0.129. The molecule has 11 heteroatoms. The van der Waals surface area contributed by atoms with Crippen molar-refractivity contribution in [1.82, 2.24) is 24.9 Å². The second-order valence-corrected chi connectivity index (χ2v) is 9.47. The molecule has 0 bridgehead atoms. The number of furan rings is 2. The smallest absolute Gasteiger partial charge is 0.245 e. The predicted octanol–water partition coefficient (Wildman–Crippen LogP) is 7.45. The molecule has 8 rings (SSSR count). The first kappa shape index (κ1) is 23.6. The lowest BCUT2D eigenvalue weighted by Gasteiger charge is -2.06. The molecule has 6 aromatic rings. The Morgan fingerprint density at radius 1 is 0.595 bits per heavy atom. The fourth-order valence-corrected chi connectivity index (χ4v) is 5.02. The Morgan fingerprint density at radius 3 is 1.50 bits per heavy atom. The van der Waals surface area contributed by atoms with Gasteiger partial charge in [0, 0.05) is 23.5 Å². The fourth-order valence-electron chi connectivity index (χ4n) is 5.02. The number of ether oxygens (including phenoxy) is 2. The topological polar surface area (TPSA) is 155 Å². The van der Waals surface area contributed by atoms with Crippen LogP contribution >= 0.6 is 0 Å². The van der Waals surface area contributed by atoms with Gasteiger partial charge in [0.2, 0.25) is 34.9 Å². The average molecular weight is 558 g/mol. The van der Waals surface area contributed by atoms with Gasteiger partial charge in [0.25, 0.3) is 0 Å². The molecule has 11 nitrogen and oxygen atoms in total. The highest BCUT2D eigenvalue weighted by molar-refractivity contribution is 6.00. The number of nitrogens with one attached hydrogen (secondary N) is 2. The minimum Gasteiger partial charge on any atom is -0.503 e. The molecule has 0 saturated carbocycles. The molecule has 2 aliphatic heterocycles. The van der Waals surface area contributed by atoms with Gasteiger partial charge in [-0.25, -0.2) is 9.97 Å². The molecule has 4 N–H and O–H groups in total. The largest absolute Gasteiger partial charge is 0.503 e. The maximum absolute atomic E-state index is 11.1. The molecule has 0 fully saturated rings. The summed E-state index contributed by atoms with van der Waals surface area (Å²) in [5.74, 6) is 0.0523. The molecule has 2 aliphatic rings. The van der Waals surface area contributed by atoms with Gasteiger partial charge in [0.05, 0.1) is 21.9 Å². The molecule has 204 valence electrons. The molecule has 6 heterocycles. The fraction of sp³-hybridized carbons (Fsp3) is 0. The predicted molar refractivity (Wildman–Crippen MR) is 152 cm³/mol. The van der Waals surface area contributed by atoms with E-state index in [1.165, 1.54) is 6.33 Å². The van der Waals surface area contributed by atoms with Crippen molar-refractivity contribution >= 4 is 22.2 Å². The van der Waals surface area contributed by atoms with E-state index in [-0.39, 0.29) is 35.0 Å². The Labute approximate surface area is 236 Å². The molecule has 0 amide bonds. The van der Waals surface area contributed by atoms with E-state index in [4.69, 9.17) is 18.3 Å². The van der Waals surface area contributed by atoms with Gasteiger partial charge in [-0.15, -0.1) is 0 Å². The molecular formula is C31H19N5O6. The summed E-state index contributed by atoms with van der Waals surface area (Å²) in [7, 11) is 0. The molecule has 0 saturated heterocycles. The number of fused-ring (bicyclic) bond motifs is 3. The SMILES string of the molecule is Oc1c(Oc2ncnc(Oc3[nH]c4occ(-c5ccccc5)c4c3O)c3cncc2-3)[nH]c2occ(-c3ccccc3)c12. The highest BCUT2D eigenvalue weighted by Crippen LogP contribution is 2.47. The Balaban J connectivity index is 1.13. The van der Waals surface area contributed by atoms with Gasteiger partial charge >= 0.3 is 0 Å². The molecule has 0 unspecified atom stereocenters. The highest BCUT2D eigenvalue weighted by Gasteiger charge is 2.26. The van der Waals surface area contributed by atoms with Crippen LogP contribution in [0.5, 0.6) is 35.0 Å². The van der Waals surface area contributed by atoms with Gasteiger partial charge in [0.15, 0.2) is 11.5 Å².